The molecular weight excluding hydrogens is 297 g/mol. The smallest absolute Gasteiger partial charge is 0.294 e. The molecule has 1 aliphatic rings. The summed E-state index contributed by atoms with van der Waals surface area (Å²) in [5.41, 5.74) is 0.552. The Kier molecular flexibility index (Phi) is 3.70. The second-order valence-corrected chi connectivity index (χ2v) is 5.25. The summed E-state index contributed by atoms with van der Waals surface area (Å²) in [5, 5.41) is 10.1. The minimum absolute atomic E-state index is 0.0936. The van der Waals surface area contributed by atoms with E-state index in [4.69, 9.17) is 0 Å². The van der Waals surface area contributed by atoms with Gasteiger partial charge in [0.1, 0.15) is 5.82 Å². The molecule has 0 unspecified atom stereocenters. The van der Waals surface area contributed by atoms with Gasteiger partial charge in [-0.1, -0.05) is 36.4 Å². The highest BCUT2D eigenvalue weighted by Gasteiger charge is 2.44. The van der Waals surface area contributed by atoms with Crippen molar-refractivity contribution in [2.45, 2.75) is 13.0 Å². The van der Waals surface area contributed by atoms with Crippen molar-refractivity contribution >= 4 is 17.4 Å². The van der Waals surface area contributed by atoms with Crippen LogP contribution in [0.25, 0.3) is 0 Å². The van der Waals surface area contributed by atoms with Gasteiger partial charge in [-0.2, -0.15) is 0 Å². The lowest BCUT2D eigenvalue weighted by molar-refractivity contribution is -0.117. The van der Waals surface area contributed by atoms with Gasteiger partial charge in [0.2, 0.25) is 0 Å². The fourth-order valence-corrected chi connectivity index (χ4v) is 2.81. The fourth-order valence-electron chi connectivity index (χ4n) is 2.81. The molecule has 0 fully saturated rings. The minimum Gasteiger partial charge on any atom is -0.503 e. The largest absolute Gasteiger partial charge is 0.503 e. The van der Waals surface area contributed by atoms with Crippen LogP contribution < -0.4 is 4.90 Å². The molecule has 1 atom stereocenters. The van der Waals surface area contributed by atoms with Gasteiger partial charge >= 0.3 is 0 Å². The number of aliphatic hydroxyl groups is 1. The number of aliphatic hydroxyl groups excluding tert-OH is 1. The second kappa shape index (κ2) is 5.68. The summed E-state index contributed by atoms with van der Waals surface area (Å²) in [7, 11) is 0. The SMILES string of the molecule is CC(=O)C1=C(O)C(=O)N(c2ccccc2)[C@@H]1c1ccccc1F. The number of para-hydroxylation sites is 1. The molecule has 0 spiro atoms. The van der Waals surface area contributed by atoms with Crippen LogP contribution in [0.4, 0.5) is 10.1 Å². The minimum atomic E-state index is -0.983. The van der Waals surface area contributed by atoms with Gasteiger partial charge in [-0.15, -0.1) is 0 Å². The molecule has 3 rings (SSSR count). The Hall–Kier alpha value is -2.95. The average molecular weight is 311 g/mol. The lowest BCUT2D eigenvalue weighted by Crippen LogP contribution is -2.31. The Morgan fingerprint density at radius 3 is 2.30 bits per heavy atom. The summed E-state index contributed by atoms with van der Waals surface area (Å²) in [6.07, 6.45) is 0. The molecule has 0 aromatic heterocycles. The first-order valence-corrected chi connectivity index (χ1v) is 7.09. The summed E-state index contributed by atoms with van der Waals surface area (Å²) >= 11 is 0. The predicted octanol–water partition coefficient (Wildman–Crippen LogP) is 3.31. The molecule has 1 aliphatic heterocycles. The summed E-state index contributed by atoms with van der Waals surface area (Å²) < 4.78 is 14.3. The molecule has 0 saturated carbocycles. The number of carbonyl (C=O) groups excluding carboxylic acids is 2. The van der Waals surface area contributed by atoms with Crippen LogP contribution in [0, 0.1) is 5.82 Å². The summed E-state index contributed by atoms with van der Waals surface area (Å²) in [6, 6.07) is 13.5. The zero-order chi connectivity index (χ0) is 16.6. The topological polar surface area (TPSA) is 57.6 Å². The molecule has 2 aromatic rings. The third-order valence-corrected chi connectivity index (χ3v) is 3.82. The zero-order valence-electron chi connectivity index (χ0n) is 12.4. The standard InChI is InChI=1S/C18H14FNO3/c1-11(21)15-16(13-9-5-6-10-14(13)19)20(18(23)17(15)22)12-7-3-2-4-8-12/h2-10,16,22H,1H3/t16-/m1/s1. The van der Waals surface area contributed by atoms with Gasteiger partial charge in [-0.3, -0.25) is 14.5 Å². The van der Waals surface area contributed by atoms with E-state index in [1.807, 2.05) is 0 Å². The van der Waals surface area contributed by atoms with Gasteiger partial charge in [-0.05, 0) is 25.1 Å². The predicted molar refractivity (Wildman–Crippen MR) is 83.4 cm³/mol. The molecule has 0 aliphatic carbocycles. The van der Waals surface area contributed by atoms with E-state index in [0.717, 1.165) is 0 Å². The summed E-state index contributed by atoms with van der Waals surface area (Å²) in [5.74, 6) is -2.36. The normalized spacial score (nSPS) is 17.7. The van der Waals surface area contributed by atoms with E-state index in [1.54, 1.807) is 36.4 Å². The van der Waals surface area contributed by atoms with Crippen LogP contribution in [-0.4, -0.2) is 16.8 Å². The second-order valence-electron chi connectivity index (χ2n) is 5.25. The maximum Gasteiger partial charge on any atom is 0.294 e. The molecule has 0 radical (unpaired) electrons. The number of amides is 1. The highest BCUT2D eigenvalue weighted by molar-refractivity contribution is 6.16. The van der Waals surface area contributed by atoms with Gasteiger partial charge in [0, 0.05) is 11.3 Å². The molecular formula is C18H14FNO3. The Bertz CT molecular complexity index is 814. The average Bonchev–Trinajstić information content (AvgIpc) is 2.80. The van der Waals surface area contributed by atoms with E-state index in [1.165, 1.54) is 30.0 Å². The number of benzene rings is 2. The molecule has 5 heteroatoms. The molecule has 0 bridgehead atoms. The van der Waals surface area contributed by atoms with Crippen LogP contribution in [0.15, 0.2) is 65.9 Å². The Morgan fingerprint density at radius 1 is 1.09 bits per heavy atom. The lowest BCUT2D eigenvalue weighted by Gasteiger charge is -2.26. The van der Waals surface area contributed by atoms with Crippen molar-refractivity contribution in [1.29, 1.82) is 0 Å². The Balaban J connectivity index is 2.22. The lowest BCUT2D eigenvalue weighted by atomic mass is 9.96. The number of rotatable bonds is 3. The van der Waals surface area contributed by atoms with Crippen molar-refractivity contribution < 1.29 is 19.1 Å². The molecule has 116 valence electrons. The van der Waals surface area contributed by atoms with E-state index in [9.17, 15) is 19.1 Å². The highest BCUT2D eigenvalue weighted by Crippen LogP contribution is 2.41. The van der Waals surface area contributed by atoms with Gasteiger partial charge in [0.15, 0.2) is 11.5 Å². The maximum absolute atomic E-state index is 14.3. The Labute approximate surface area is 132 Å². The van der Waals surface area contributed by atoms with Gasteiger partial charge in [0.05, 0.1) is 11.6 Å². The van der Waals surface area contributed by atoms with Crippen LogP contribution >= 0.6 is 0 Å². The van der Waals surface area contributed by atoms with Crippen molar-refractivity contribution in [3.05, 3.63) is 77.3 Å². The number of Topliss-reactive ketones (excluding diaryl/α,β-unsaturated/α-hetero) is 1. The first-order valence-electron chi connectivity index (χ1n) is 7.09. The highest BCUT2D eigenvalue weighted by atomic mass is 19.1. The van der Waals surface area contributed by atoms with Gasteiger partial charge in [0.25, 0.3) is 5.91 Å². The number of hydrogen-bond acceptors (Lipinski definition) is 3. The number of ketones is 1. The molecule has 1 amide bonds. The van der Waals surface area contributed by atoms with Gasteiger partial charge in [-0.25, -0.2) is 4.39 Å². The number of nitrogens with zero attached hydrogens (tertiary/aromatic N) is 1. The first-order chi connectivity index (χ1) is 11.0. The Morgan fingerprint density at radius 2 is 1.70 bits per heavy atom. The zero-order valence-corrected chi connectivity index (χ0v) is 12.4. The van der Waals surface area contributed by atoms with E-state index in [2.05, 4.69) is 0 Å². The monoisotopic (exact) mass is 311 g/mol. The van der Waals surface area contributed by atoms with Crippen LogP contribution in [0.5, 0.6) is 0 Å². The van der Waals surface area contributed by atoms with E-state index in [-0.39, 0.29) is 11.1 Å². The summed E-state index contributed by atoms with van der Waals surface area (Å²) in [6.45, 7) is 1.25. The van der Waals surface area contributed by atoms with Crippen LogP contribution in [0.1, 0.15) is 18.5 Å². The van der Waals surface area contributed by atoms with Crippen molar-refractivity contribution in [3.63, 3.8) is 0 Å². The maximum atomic E-state index is 14.3. The van der Waals surface area contributed by atoms with E-state index < -0.39 is 29.3 Å². The number of anilines is 1. The van der Waals surface area contributed by atoms with Crippen LogP contribution in [0.3, 0.4) is 0 Å². The number of halogens is 1. The third kappa shape index (κ3) is 2.40. The fraction of sp³-hybridized carbons (Fsp3) is 0.111. The molecule has 0 saturated heterocycles. The third-order valence-electron chi connectivity index (χ3n) is 3.82. The molecule has 1 N–H and O–H groups in total. The van der Waals surface area contributed by atoms with Crippen LogP contribution in [-0.2, 0) is 9.59 Å². The van der Waals surface area contributed by atoms with Crippen molar-refractivity contribution in [2.75, 3.05) is 4.90 Å². The molecule has 4 nitrogen and oxygen atoms in total. The molecule has 1 heterocycles. The van der Waals surface area contributed by atoms with Gasteiger partial charge < -0.3 is 5.11 Å². The van der Waals surface area contributed by atoms with E-state index >= 15 is 0 Å². The summed E-state index contributed by atoms with van der Waals surface area (Å²) in [4.78, 5) is 25.7. The number of hydrogen-bond donors (Lipinski definition) is 1. The quantitative estimate of drug-likeness (QED) is 0.946. The van der Waals surface area contributed by atoms with Crippen LogP contribution in [0.2, 0.25) is 0 Å². The number of carbonyl (C=O) groups is 2. The molecule has 23 heavy (non-hydrogen) atoms. The van der Waals surface area contributed by atoms with Crippen molar-refractivity contribution in [1.82, 2.24) is 0 Å². The van der Waals surface area contributed by atoms with E-state index in [0.29, 0.717) is 5.69 Å². The van der Waals surface area contributed by atoms with Crippen molar-refractivity contribution in [2.24, 2.45) is 0 Å². The molecule has 2 aromatic carbocycles. The first kappa shape index (κ1) is 15.0. The van der Waals surface area contributed by atoms with Crippen molar-refractivity contribution in [3.8, 4) is 0 Å².